The number of aromatic nitrogens is 2. The molecule has 0 saturated carbocycles. The number of hydrogen-bond acceptors (Lipinski definition) is 15. The number of amides is 1. The first-order valence-electron chi connectivity index (χ1n) is 19.7. The lowest BCUT2D eigenvalue weighted by Gasteiger charge is -2.36. The summed E-state index contributed by atoms with van der Waals surface area (Å²) in [4.78, 5) is 28.8. The fourth-order valence-corrected chi connectivity index (χ4v) is 7.18. The van der Waals surface area contributed by atoms with Gasteiger partial charge >= 0.3 is 0 Å². The molecule has 0 unspecified atom stereocenters. The van der Waals surface area contributed by atoms with E-state index in [1.54, 1.807) is 11.3 Å². The normalized spacial score (nSPS) is 15.1. The maximum atomic E-state index is 11.8. The highest BCUT2D eigenvalue weighted by atomic mass is 32.1. The first-order valence-corrected chi connectivity index (χ1v) is 20.5. The zero-order valence-corrected chi connectivity index (χ0v) is 33.0. The lowest BCUT2D eigenvalue weighted by atomic mass is 10.2. The van der Waals surface area contributed by atoms with Crippen molar-refractivity contribution in [1.29, 1.82) is 0 Å². The van der Waals surface area contributed by atoms with Gasteiger partial charge in [0.1, 0.15) is 10.8 Å². The van der Waals surface area contributed by atoms with E-state index in [1.165, 1.54) is 23.2 Å². The van der Waals surface area contributed by atoms with Crippen molar-refractivity contribution in [2.45, 2.75) is 19.3 Å². The van der Waals surface area contributed by atoms with Crippen LogP contribution in [0.2, 0.25) is 0 Å². The molecule has 2 fully saturated rings. The molecule has 2 N–H and O–H groups in total. The summed E-state index contributed by atoms with van der Waals surface area (Å²) in [5.41, 5.74) is 3.37. The molecule has 16 heteroatoms. The fraction of sp³-hybridized carbons (Fsp3) is 0.667. The smallest absolute Gasteiger partial charge is 0.222 e. The summed E-state index contributed by atoms with van der Waals surface area (Å²) in [6.07, 6.45) is 4.75. The van der Waals surface area contributed by atoms with E-state index in [-0.39, 0.29) is 18.9 Å². The van der Waals surface area contributed by atoms with Crippen molar-refractivity contribution in [2.75, 3.05) is 161 Å². The first-order chi connectivity index (χ1) is 27.2. The van der Waals surface area contributed by atoms with E-state index in [0.717, 1.165) is 67.7 Å². The zero-order valence-electron chi connectivity index (χ0n) is 32.2. The summed E-state index contributed by atoms with van der Waals surface area (Å²) in [6.45, 7) is 14.1. The van der Waals surface area contributed by atoms with Crippen LogP contribution < -0.4 is 15.1 Å². The van der Waals surface area contributed by atoms with Crippen molar-refractivity contribution >= 4 is 39.0 Å². The molecule has 2 aliphatic heterocycles. The number of anilines is 2. The van der Waals surface area contributed by atoms with Gasteiger partial charge in [-0.05, 0) is 43.2 Å². The van der Waals surface area contributed by atoms with Crippen LogP contribution in [0, 0.1) is 0 Å². The molecule has 1 aromatic carbocycles. The Balaban J connectivity index is 0.793. The Kier molecular flexibility index (Phi) is 20.4. The minimum Gasteiger partial charge on any atom is -0.394 e. The predicted molar refractivity (Wildman–Crippen MR) is 213 cm³/mol. The minimum absolute atomic E-state index is 0.00519. The molecule has 5 rings (SSSR count). The summed E-state index contributed by atoms with van der Waals surface area (Å²) < 4.78 is 39.5. The molecule has 0 aliphatic carbocycles. The second-order valence-electron chi connectivity index (χ2n) is 13.2. The van der Waals surface area contributed by atoms with E-state index in [2.05, 4.69) is 50.3 Å². The van der Waals surface area contributed by atoms with Crippen molar-refractivity contribution in [3.05, 3.63) is 36.5 Å². The van der Waals surface area contributed by atoms with Gasteiger partial charge in [-0.1, -0.05) is 0 Å². The summed E-state index contributed by atoms with van der Waals surface area (Å²) >= 11 is 1.74. The number of hydrogen-bond donors (Lipinski definition) is 2. The van der Waals surface area contributed by atoms with Crippen molar-refractivity contribution in [3.63, 3.8) is 0 Å². The highest BCUT2D eigenvalue weighted by Gasteiger charge is 2.19. The van der Waals surface area contributed by atoms with Crippen molar-refractivity contribution in [3.8, 4) is 10.6 Å². The molecule has 55 heavy (non-hydrogen) atoms. The van der Waals surface area contributed by atoms with Crippen LogP contribution in [-0.2, 0) is 38.0 Å². The second kappa shape index (κ2) is 26.0. The Labute approximate surface area is 329 Å². The zero-order chi connectivity index (χ0) is 38.2. The number of aliphatic hydroxyl groups excluding tert-OH is 1. The third-order valence-electron chi connectivity index (χ3n) is 9.22. The predicted octanol–water partition coefficient (Wildman–Crippen LogP) is 2.70. The average Bonchev–Trinajstić information content (AvgIpc) is 3.91. The molecule has 2 saturated heterocycles. The third kappa shape index (κ3) is 16.2. The van der Waals surface area contributed by atoms with Crippen LogP contribution in [0.3, 0.4) is 0 Å². The Morgan fingerprint density at radius 1 is 0.691 bits per heavy atom. The standard InChI is InChI=1S/C39H60N6O9S/c46-16-20-51-24-28-52-25-21-48-17-7-38(47)40-8-18-49-22-26-53-29-30-54-27-23-50-19-15-43-11-13-44(14-12-43)34-4-5-35-36(31-34)55-39(42-35)33-3-6-37(41-32-33)45-9-1-2-10-45/h3-6,31-32,46H,1-2,7-30H2,(H,40,47). The molecule has 2 aliphatic rings. The van der Waals surface area contributed by atoms with Crippen LogP contribution in [0.5, 0.6) is 0 Å². The number of fused-ring (bicyclic) bond motifs is 1. The van der Waals surface area contributed by atoms with E-state index in [4.69, 9.17) is 48.2 Å². The van der Waals surface area contributed by atoms with Gasteiger partial charge in [0.15, 0.2) is 0 Å². The molecule has 0 bridgehead atoms. The summed E-state index contributed by atoms with van der Waals surface area (Å²) in [5.74, 6) is 0.985. The maximum Gasteiger partial charge on any atom is 0.222 e. The lowest BCUT2D eigenvalue weighted by molar-refractivity contribution is -0.122. The highest BCUT2D eigenvalue weighted by molar-refractivity contribution is 7.21. The number of nitrogens with one attached hydrogen (secondary N) is 1. The number of rotatable bonds is 29. The number of thiazole rings is 1. The Hall–Kier alpha value is -3.03. The van der Waals surface area contributed by atoms with E-state index in [1.807, 2.05) is 6.20 Å². The fourth-order valence-electron chi connectivity index (χ4n) is 6.19. The van der Waals surface area contributed by atoms with Crippen LogP contribution in [0.4, 0.5) is 11.5 Å². The molecular formula is C39H60N6O9S. The molecule has 0 radical (unpaired) electrons. The van der Waals surface area contributed by atoms with Crippen LogP contribution in [0.15, 0.2) is 36.5 Å². The van der Waals surface area contributed by atoms with Gasteiger partial charge < -0.3 is 53.4 Å². The number of benzene rings is 1. The molecule has 0 spiro atoms. The van der Waals surface area contributed by atoms with Crippen molar-refractivity contribution in [2.24, 2.45) is 0 Å². The number of aliphatic hydroxyl groups is 1. The van der Waals surface area contributed by atoms with Gasteiger partial charge in [0.2, 0.25) is 5.91 Å². The van der Waals surface area contributed by atoms with Crippen LogP contribution >= 0.6 is 11.3 Å². The number of piperazine rings is 1. The molecule has 15 nitrogen and oxygen atoms in total. The Morgan fingerprint density at radius 3 is 1.95 bits per heavy atom. The molecule has 0 atom stereocenters. The van der Waals surface area contributed by atoms with Crippen molar-refractivity contribution in [1.82, 2.24) is 20.2 Å². The molecule has 1 amide bonds. The Morgan fingerprint density at radius 2 is 1.31 bits per heavy atom. The number of carbonyl (C=O) groups is 1. The largest absolute Gasteiger partial charge is 0.394 e. The number of nitrogens with zero attached hydrogens (tertiary/aromatic N) is 5. The van der Waals surface area contributed by atoms with Crippen molar-refractivity contribution < 1.29 is 43.1 Å². The quantitative estimate of drug-likeness (QED) is 0.0994. The van der Waals surface area contributed by atoms with E-state index in [0.29, 0.717) is 99.0 Å². The minimum atomic E-state index is -0.0818. The summed E-state index contributed by atoms with van der Waals surface area (Å²) in [5, 5.41) is 12.4. The number of ether oxygens (including phenoxy) is 7. The second-order valence-corrected chi connectivity index (χ2v) is 14.2. The van der Waals surface area contributed by atoms with Gasteiger partial charge in [-0.2, -0.15) is 0 Å². The van der Waals surface area contributed by atoms with Gasteiger partial charge in [-0.3, -0.25) is 9.69 Å². The SMILES string of the molecule is O=C(CCOCCOCCOCCO)NCCOCCOCCOCCOCCN1CCN(c2ccc3nc(-c4ccc(N5CCCC5)nc4)sc3c2)CC1. The van der Waals surface area contributed by atoms with Gasteiger partial charge in [0, 0.05) is 76.2 Å². The van der Waals surface area contributed by atoms with E-state index < -0.39 is 0 Å². The topological polar surface area (TPSA) is 149 Å². The number of carbonyl (C=O) groups excluding carboxylic acids is 1. The molecule has 3 aromatic rings. The van der Waals surface area contributed by atoms with Gasteiger partial charge in [0.25, 0.3) is 0 Å². The van der Waals surface area contributed by atoms with Crippen LogP contribution in [0.25, 0.3) is 20.8 Å². The monoisotopic (exact) mass is 788 g/mol. The van der Waals surface area contributed by atoms with Crippen LogP contribution in [0.1, 0.15) is 19.3 Å². The number of pyridine rings is 1. The van der Waals surface area contributed by atoms with Gasteiger partial charge in [0.05, 0.1) is 109 Å². The third-order valence-corrected chi connectivity index (χ3v) is 10.3. The van der Waals surface area contributed by atoms with Gasteiger partial charge in [-0.25, -0.2) is 9.97 Å². The maximum absolute atomic E-state index is 11.8. The van der Waals surface area contributed by atoms with E-state index in [9.17, 15) is 4.79 Å². The summed E-state index contributed by atoms with van der Waals surface area (Å²) in [7, 11) is 0. The highest BCUT2D eigenvalue weighted by Crippen LogP contribution is 2.33. The molecular weight excluding hydrogens is 729 g/mol. The molecule has 4 heterocycles. The Bertz CT molecular complexity index is 1470. The van der Waals surface area contributed by atoms with Crippen LogP contribution in [-0.4, -0.2) is 177 Å². The van der Waals surface area contributed by atoms with Gasteiger partial charge in [-0.15, -0.1) is 11.3 Å². The average molecular weight is 789 g/mol. The molecule has 306 valence electrons. The molecule has 2 aromatic heterocycles. The lowest BCUT2D eigenvalue weighted by Crippen LogP contribution is -2.47. The first kappa shape index (κ1) is 43.1. The summed E-state index contributed by atoms with van der Waals surface area (Å²) in [6, 6.07) is 10.9. The van der Waals surface area contributed by atoms with E-state index >= 15 is 0 Å².